The fraction of sp³-hybridized carbons (Fsp3) is 0. The van der Waals surface area contributed by atoms with Crippen molar-refractivity contribution < 1.29 is 14.7 Å². The van der Waals surface area contributed by atoms with E-state index >= 15 is 0 Å². The number of carbonyl (C=O) groups is 2. The molecule has 0 radical (unpaired) electrons. The van der Waals surface area contributed by atoms with Gasteiger partial charge in [-0.3, -0.25) is 4.79 Å². The van der Waals surface area contributed by atoms with Crippen LogP contribution in [0.1, 0.15) is 26.3 Å². The maximum Gasteiger partial charge on any atom is 0.336 e. The third-order valence-electron chi connectivity index (χ3n) is 1.62. The zero-order valence-corrected chi connectivity index (χ0v) is 8.41. The molecule has 1 aromatic carbocycles. The maximum absolute atomic E-state index is 10.7. The van der Waals surface area contributed by atoms with Crippen molar-refractivity contribution in [3.63, 3.8) is 0 Å². The molecule has 0 spiro atoms. The zero-order chi connectivity index (χ0) is 10.7. The minimum absolute atomic E-state index is 0.00255. The predicted molar refractivity (Wildman–Crippen MR) is 51.2 cm³/mol. The Morgan fingerprint density at radius 2 is 2.21 bits per heavy atom. The summed E-state index contributed by atoms with van der Waals surface area (Å²) in [6.45, 7) is 0. The van der Waals surface area contributed by atoms with Gasteiger partial charge in [-0.05, 0) is 28.1 Å². The van der Waals surface area contributed by atoms with Crippen molar-refractivity contribution >= 4 is 28.2 Å². The monoisotopic (exact) mass is 253 g/mol. The summed E-state index contributed by atoms with van der Waals surface area (Å²) in [5.74, 6) is -1.20. The summed E-state index contributed by atoms with van der Waals surface area (Å²) in [7, 11) is 0. The highest BCUT2D eigenvalue weighted by molar-refractivity contribution is 9.10. The van der Waals surface area contributed by atoms with E-state index in [-0.39, 0.29) is 16.7 Å². The molecule has 0 bridgehead atoms. The van der Waals surface area contributed by atoms with Crippen molar-refractivity contribution in [1.82, 2.24) is 0 Å². The van der Waals surface area contributed by atoms with Gasteiger partial charge >= 0.3 is 5.97 Å². The molecule has 0 aliphatic carbocycles. The van der Waals surface area contributed by atoms with E-state index in [0.717, 1.165) is 0 Å². The van der Waals surface area contributed by atoms with Crippen LogP contribution in [0, 0.1) is 11.3 Å². The molecule has 0 atom stereocenters. The zero-order valence-electron chi connectivity index (χ0n) is 6.82. The lowest BCUT2D eigenvalue weighted by Gasteiger charge is -2.01. The minimum atomic E-state index is -1.20. The van der Waals surface area contributed by atoms with Gasteiger partial charge in [0.25, 0.3) is 0 Å². The van der Waals surface area contributed by atoms with Crippen LogP contribution in [0.3, 0.4) is 0 Å². The third-order valence-corrected chi connectivity index (χ3v) is 2.27. The molecule has 1 N–H and O–H groups in total. The highest BCUT2D eigenvalue weighted by Gasteiger charge is 2.12. The summed E-state index contributed by atoms with van der Waals surface area (Å²) in [5, 5.41) is 17.3. The average molecular weight is 254 g/mol. The van der Waals surface area contributed by atoms with E-state index in [1.807, 2.05) is 6.07 Å². The Kier molecular flexibility index (Phi) is 2.99. The average Bonchev–Trinajstić information content (AvgIpc) is 2.17. The van der Waals surface area contributed by atoms with Crippen molar-refractivity contribution in [1.29, 1.82) is 5.26 Å². The van der Waals surface area contributed by atoms with Crippen molar-refractivity contribution in [2.24, 2.45) is 0 Å². The van der Waals surface area contributed by atoms with Gasteiger partial charge in [-0.2, -0.15) is 5.26 Å². The predicted octanol–water partition coefficient (Wildman–Crippen LogP) is 1.83. The second kappa shape index (κ2) is 4.03. The number of aromatic carboxylic acids is 1. The SMILES string of the molecule is N#Cc1cc(C=O)c(C(=O)O)cc1Br. The van der Waals surface area contributed by atoms with Crippen molar-refractivity contribution in [2.75, 3.05) is 0 Å². The Balaban J connectivity index is 3.48. The van der Waals surface area contributed by atoms with Gasteiger partial charge in [0.2, 0.25) is 0 Å². The summed E-state index contributed by atoms with van der Waals surface area (Å²) in [6.07, 6.45) is 0.413. The van der Waals surface area contributed by atoms with Crippen molar-refractivity contribution in [2.45, 2.75) is 0 Å². The topological polar surface area (TPSA) is 78.2 Å². The van der Waals surface area contributed by atoms with Crippen molar-refractivity contribution in [3.8, 4) is 6.07 Å². The highest BCUT2D eigenvalue weighted by Crippen LogP contribution is 2.20. The van der Waals surface area contributed by atoms with E-state index < -0.39 is 5.97 Å². The fourth-order valence-electron chi connectivity index (χ4n) is 0.958. The van der Waals surface area contributed by atoms with E-state index in [9.17, 15) is 9.59 Å². The molecule has 0 heterocycles. The maximum atomic E-state index is 10.7. The number of aldehydes is 1. The van der Waals surface area contributed by atoms with Crippen molar-refractivity contribution in [3.05, 3.63) is 33.3 Å². The molecule has 0 aromatic heterocycles. The van der Waals surface area contributed by atoms with Gasteiger partial charge in [0, 0.05) is 10.0 Å². The number of carboxylic acids is 1. The quantitative estimate of drug-likeness (QED) is 0.816. The van der Waals surface area contributed by atoms with Gasteiger partial charge in [0.15, 0.2) is 6.29 Å². The van der Waals surface area contributed by atoms with Gasteiger partial charge < -0.3 is 5.11 Å². The Morgan fingerprint density at radius 3 is 2.64 bits per heavy atom. The first-order chi connectivity index (χ1) is 6.60. The van der Waals surface area contributed by atoms with E-state index in [1.54, 1.807) is 0 Å². The fourth-order valence-corrected chi connectivity index (χ4v) is 1.39. The molecule has 0 aliphatic rings. The van der Waals surface area contributed by atoms with Gasteiger partial charge in [-0.15, -0.1) is 0 Å². The summed E-state index contributed by atoms with van der Waals surface area (Å²) in [5.41, 5.74) is 0.111. The number of hydrogen-bond donors (Lipinski definition) is 1. The first kappa shape index (κ1) is 10.4. The Bertz CT molecular complexity index is 448. The van der Waals surface area contributed by atoms with Gasteiger partial charge in [-0.25, -0.2) is 4.79 Å². The van der Waals surface area contributed by atoms with Gasteiger partial charge in [0.1, 0.15) is 6.07 Å². The van der Waals surface area contributed by atoms with Gasteiger partial charge in [0.05, 0.1) is 11.1 Å². The first-order valence-electron chi connectivity index (χ1n) is 3.52. The lowest BCUT2D eigenvalue weighted by Crippen LogP contribution is -2.02. The van der Waals surface area contributed by atoms with Crippen LogP contribution in [0.25, 0.3) is 0 Å². The highest BCUT2D eigenvalue weighted by atomic mass is 79.9. The second-order valence-corrected chi connectivity index (χ2v) is 3.31. The van der Waals surface area contributed by atoms with Crippen LogP contribution >= 0.6 is 15.9 Å². The molecule has 1 rings (SSSR count). The normalized spacial score (nSPS) is 9.14. The largest absolute Gasteiger partial charge is 0.478 e. The van der Waals surface area contributed by atoms with Gasteiger partial charge in [-0.1, -0.05) is 0 Å². The number of nitriles is 1. The number of nitrogens with zero attached hydrogens (tertiary/aromatic N) is 1. The minimum Gasteiger partial charge on any atom is -0.478 e. The van der Waals surface area contributed by atoms with Crippen LogP contribution in [-0.2, 0) is 0 Å². The van der Waals surface area contributed by atoms with Crippen LogP contribution in [0.15, 0.2) is 16.6 Å². The number of rotatable bonds is 2. The van der Waals surface area contributed by atoms with Crippen LogP contribution in [0.5, 0.6) is 0 Å². The summed E-state index contributed by atoms with van der Waals surface area (Å²) in [4.78, 5) is 21.2. The van der Waals surface area contributed by atoms with E-state index in [1.165, 1.54) is 12.1 Å². The van der Waals surface area contributed by atoms with Crippen LogP contribution in [0.4, 0.5) is 0 Å². The summed E-state index contributed by atoms with van der Waals surface area (Å²) >= 11 is 3.04. The summed E-state index contributed by atoms with van der Waals surface area (Å²) in [6, 6.07) is 4.31. The molecule has 0 aliphatic heterocycles. The summed E-state index contributed by atoms with van der Waals surface area (Å²) < 4.78 is 0.364. The first-order valence-corrected chi connectivity index (χ1v) is 4.31. The van der Waals surface area contributed by atoms with Crippen LogP contribution < -0.4 is 0 Å². The molecule has 0 unspecified atom stereocenters. The smallest absolute Gasteiger partial charge is 0.336 e. The standard InChI is InChI=1S/C9H4BrNO3/c10-8-2-7(9(13)14)6(4-12)1-5(8)3-11/h1-2,4H,(H,13,14). The third kappa shape index (κ3) is 1.80. The Hall–Kier alpha value is -1.67. The van der Waals surface area contributed by atoms with Crippen LogP contribution in [0.2, 0.25) is 0 Å². The van der Waals surface area contributed by atoms with E-state index in [0.29, 0.717) is 10.8 Å². The molecule has 5 heteroatoms. The second-order valence-electron chi connectivity index (χ2n) is 2.45. The molecular formula is C9H4BrNO3. The molecule has 0 saturated carbocycles. The Labute approximate surface area is 87.9 Å². The van der Waals surface area contributed by atoms with Crippen LogP contribution in [-0.4, -0.2) is 17.4 Å². The number of hydrogen-bond acceptors (Lipinski definition) is 3. The molecule has 0 fully saturated rings. The lowest BCUT2D eigenvalue weighted by atomic mass is 10.1. The molecule has 70 valence electrons. The molecule has 0 amide bonds. The Morgan fingerprint density at radius 1 is 1.57 bits per heavy atom. The number of benzene rings is 1. The van der Waals surface area contributed by atoms with E-state index in [2.05, 4.69) is 15.9 Å². The van der Waals surface area contributed by atoms with E-state index in [4.69, 9.17) is 10.4 Å². The molecule has 0 saturated heterocycles. The number of halogens is 1. The molecule has 4 nitrogen and oxygen atoms in total. The number of carboxylic acid groups (broad SMARTS) is 1. The molecule has 1 aromatic rings. The molecule has 14 heavy (non-hydrogen) atoms. The number of carbonyl (C=O) groups excluding carboxylic acids is 1. The lowest BCUT2D eigenvalue weighted by molar-refractivity contribution is 0.0694. The molecular weight excluding hydrogens is 250 g/mol.